The summed E-state index contributed by atoms with van der Waals surface area (Å²) in [6, 6.07) is 9.94. The summed E-state index contributed by atoms with van der Waals surface area (Å²) in [6.07, 6.45) is 0.198. The second-order valence-corrected chi connectivity index (χ2v) is 6.19. The highest BCUT2D eigenvalue weighted by Gasteiger charge is 2.12. The molecule has 0 fully saturated rings. The molecule has 1 N–H and O–H groups in total. The van der Waals surface area contributed by atoms with E-state index in [1.165, 1.54) is 0 Å². The van der Waals surface area contributed by atoms with Crippen molar-refractivity contribution in [3.63, 3.8) is 0 Å². The van der Waals surface area contributed by atoms with Gasteiger partial charge in [-0.25, -0.2) is 0 Å². The predicted molar refractivity (Wildman–Crippen MR) is 74.8 cm³/mol. The molecule has 1 heterocycles. The smallest absolute Gasteiger partial charge is 0.0922 e. The molecule has 0 saturated heterocycles. The Hall–Kier alpha value is -0.160. The van der Waals surface area contributed by atoms with Crippen LogP contribution in [-0.4, -0.2) is 5.11 Å². The van der Waals surface area contributed by atoms with Gasteiger partial charge < -0.3 is 5.11 Å². The molecule has 0 radical (unpaired) electrons. The molecule has 0 aliphatic rings. The quantitative estimate of drug-likeness (QED) is 0.850. The predicted octanol–water partition coefficient (Wildman–Crippen LogP) is 4.55. The highest BCUT2D eigenvalue weighted by Crippen LogP contribution is 2.29. The van der Waals surface area contributed by atoms with E-state index in [0.29, 0.717) is 6.42 Å². The Kier molecular flexibility index (Phi) is 4.19. The van der Waals surface area contributed by atoms with E-state index in [4.69, 9.17) is 0 Å². The van der Waals surface area contributed by atoms with Gasteiger partial charge in [0, 0.05) is 25.6 Å². The SMILES string of the molecule is OC(Cc1ccccc1Br)c1cc(Br)cs1. The van der Waals surface area contributed by atoms with E-state index in [9.17, 15) is 5.11 Å². The maximum absolute atomic E-state index is 10.1. The Labute approximate surface area is 115 Å². The zero-order chi connectivity index (χ0) is 11.5. The van der Waals surface area contributed by atoms with E-state index in [0.717, 1.165) is 19.4 Å². The fourth-order valence-electron chi connectivity index (χ4n) is 1.48. The van der Waals surface area contributed by atoms with Crippen molar-refractivity contribution in [1.29, 1.82) is 0 Å². The van der Waals surface area contributed by atoms with Crippen LogP contribution in [0.15, 0.2) is 44.7 Å². The van der Waals surface area contributed by atoms with Gasteiger partial charge in [0.25, 0.3) is 0 Å². The molecule has 2 aromatic rings. The third kappa shape index (κ3) is 2.94. The van der Waals surface area contributed by atoms with Crippen LogP contribution in [0.3, 0.4) is 0 Å². The van der Waals surface area contributed by atoms with Gasteiger partial charge in [0.2, 0.25) is 0 Å². The maximum Gasteiger partial charge on any atom is 0.0922 e. The second-order valence-electron chi connectivity index (χ2n) is 3.48. The van der Waals surface area contributed by atoms with Crippen molar-refractivity contribution in [3.05, 3.63) is 55.1 Å². The van der Waals surface area contributed by atoms with Crippen molar-refractivity contribution >= 4 is 43.2 Å². The molecule has 0 spiro atoms. The lowest BCUT2D eigenvalue weighted by Crippen LogP contribution is -2.00. The van der Waals surface area contributed by atoms with E-state index < -0.39 is 6.10 Å². The highest BCUT2D eigenvalue weighted by molar-refractivity contribution is 9.10. The van der Waals surface area contributed by atoms with Crippen molar-refractivity contribution in [3.8, 4) is 0 Å². The van der Waals surface area contributed by atoms with Crippen LogP contribution in [0.2, 0.25) is 0 Å². The minimum Gasteiger partial charge on any atom is -0.387 e. The van der Waals surface area contributed by atoms with Crippen molar-refractivity contribution in [2.24, 2.45) is 0 Å². The van der Waals surface area contributed by atoms with Crippen LogP contribution in [0, 0.1) is 0 Å². The Bertz CT molecular complexity index is 481. The van der Waals surface area contributed by atoms with Crippen molar-refractivity contribution in [2.45, 2.75) is 12.5 Å². The summed E-state index contributed by atoms with van der Waals surface area (Å²) in [5.74, 6) is 0. The fraction of sp³-hybridized carbons (Fsp3) is 0.167. The molecular weight excluding hydrogens is 352 g/mol. The van der Waals surface area contributed by atoms with Crippen LogP contribution < -0.4 is 0 Å². The molecule has 0 aliphatic heterocycles. The van der Waals surface area contributed by atoms with Crippen LogP contribution in [0.1, 0.15) is 16.5 Å². The van der Waals surface area contributed by atoms with E-state index in [1.807, 2.05) is 35.7 Å². The average molecular weight is 362 g/mol. The van der Waals surface area contributed by atoms with Crippen LogP contribution in [0.5, 0.6) is 0 Å². The Balaban J connectivity index is 2.13. The van der Waals surface area contributed by atoms with Gasteiger partial charge in [0.15, 0.2) is 0 Å². The molecule has 0 bridgehead atoms. The first-order valence-electron chi connectivity index (χ1n) is 4.82. The zero-order valence-corrected chi connectivity index (χ0v) is 12.3. The summed E-state index contributed by atoms with van der Waals surface area (Å²) < 4.78 is 2.07. The van der Waals surface area contributed by atoms with Crippen LogP contribution in [0.4, 0.5) is 0 Å². The van der Waals surface area contributed by atoms with Gasteiger partial charge in [-0.1, -0.05) is 34.1 Å². The third-order valence-electron chi connectivity index (χ3n) is 2.29. The number of aliphatic hydroxyl groups is 1. The van der Waals surface area contributed by atoms with Gasteiger partial charge in [-0.3, -0.25) is 0 Å². The lowest BCUT2D eigenvalue weighted by Gasteiger charge is -2.09. The summed E-state index contributed by atoms with van der Waals surface area (Å²) in [6.45, 7) is 0. The minimum atomic E-state index is -0.435. The van der Waals surface area contributed by atoms with E-state index in [1.54, 1.807) is 11.3 Å². The first kappa shape index (κ1) is 12.3. The summed E-state index contributed by atoms with van der Waals surface area (Å²) in [5.41, 5.74) is 1.12. The molecule has 0 amide bonds. The molecule has 0 saturated carbocycles. The van der Waals surface area contributed by atoms with E-state index >= 15 is 0 Å². The molecule has 84 valence electrons. The van der Waals surface area contributed by atoms with Crippen LogP contribution in [0.25, 0.3) is 0 Å². The lowest BCUT2D eigenvalue weighted by atomic mass is 10.1. The molecule has 1 unspecified atom stereocenters. The molecule has 16 heavy (non-hydrogen) atoms. The van der Waals surface area contributed by atoms with Crippen molar-refractivity contribution in [1.82, 2.24) is 0 Å². The largest absolute Gasteiger partial charge is 0.387 e. The molecule has 4 heteroatoms. The Morgan fingerprint density at radius 2 is 2.00 bits per heavy atom. The van der Waals surface area contributed by atoms with Crippen molar-refractivity contribution < 1.29 is 5.11 Å². The monoisotopic (exact) mass is 360 g/mol. The highest BCUT2D eigenvalue weighted by atomic mass is 79.9. The number of aliphatic hydroxyl groups excluding tert-OH is 1. The minimum absolute atomic E-state index is 0.435. The molecular formula is C12H10Br2OS. The number of benzene rings is 1. The Morgan fingerprint density at radius 1 is 1.25 bits per heavy atom. The summed E-state index contributed by atoms with van der Waals surface area (Å²) >= 11 is 8.45. The number of halogens is 2. The van der Waals surface area contributed by atoms with Gasteiger partial charge in [0.05, 0.1) is 6.10 Å². The second kappa shape index (κ2) is 5.45. The maximum atomic E-state index is 10.1. The fourth-order valence-corrected chi connectivity index (χ4v) is 3.35. The third-order valence-corrected chi connectivity index (χ3v) is 4.86. The number of hydrogen-bond donors (Lipinski definition) is 1. The molecule has 1 nitrogen and oxygen atoms in total. The van der Waals surface area contributed by atoms with Crippen molar-refractivity contribution in [2.75, 3.05) is 0 Å². The summed E-state index contributed by atoms with van der Waals surface area (Å²) in [7, 11) is 0. The number of hydrogen-bond acceptors (Lipinski definition) is 2. The van der Waals surface area contributed by atoms with Gasteiger partial charge in [0.1, 0.15) is 0 Å². The lowest BCUT2D eigenvalue weighted by molar-refractivity contribution is 0.182. The number of rotatable bonds is 3. The normalized spacial score (nSPS) is 12.7. The molecule has 0 aliphatic carbocycles. The summed E-state index contributed by atoms with van der Waals surface area (Å²) in [4.78, 5) is 0.989. The zero-order valence-electron chi connectivity index (χ0n) is 8.36. The Morgan fingerprint density at radius 3 is 2.62 bits per heavy atom. The molecule has 1 atom stereocenters. The molecule has 1 aromatic heterocycles. The first-order chi connectivity index (χ1) is 7.66. The first-order valence-corrected chi connectivity index (χ1v) is 7.29. The molecule has 2 rings (SSSR count). The average Bonchev–Trinajstić information content (AvgIpc) is 2.68. The number of thiophene rings is 1. The van der Waals surface area contributed by atoms with Gasteiger partial charge in [-0.2, -0.15) is 0 Å². The van der Waals surface area contributed by atoms with Gasteiger partial charge in [-0.15, -0.1) is 11.3 Å². The van der Waals surface area contributed by atoms with Crippen LogP contribution >= 0.6 is 43.2 Å². The van der Waals surface area contributed by atoms with E-state index in [-0.39, 0.29) is 0 Å². The molecule has 1 aromatic carbocycles. The van der Waals surface area contributed by atoms with Gasteiger partial charge >= 0.3 is 0 Å². The topological polar surface area (TPSA) is 20.2 Å². The van der Waals surface area contributed by atoms with E-state index in [2.05, 4.69) is 31.9 Å². The summed E-state index contributed by atoms with van der Waals surface area (Å²) in [5, 5.41) is 12.1. The standard InChI is InChI=1S/C12H10Br2OS/c13-9-6-12(16-7-9)11(15)5-8-3-1-2-4-10(8)14/h1-4,6-7,11,15H,5H2. The van der Waals surface area contributed by atoms with Gasteiger partial charge in [-0.05, 0) is 33.6 Å². The van der Waals surface area contributed by atoms with Crippen LogP contribution in [-0.2, 0) is 6.42 Å².